The molecule has 2 heterocycles. The van der Waals surface area contributed by atoms with Crippen molar-refractivity contribution in [3.8, 4) is 6.07 Å². The summed E-state index contributed by atoms with van der Waals surface area (Å²) in [4.78, 5) is 19.7. The first-order chi connectivity index (χ1) is 14.0. The van der Waals surface area contributed by atoms with Gasteiger partial charge >= 0.3 is 0 Å². The lowest BCUT2D eigenvalue weighted by Gasteiger charge is -2.32. The molecule has 1 saturated heterocycles. The molecule has 0 spiro atoms. The molecule has 148 valence electrons. The van der Waals surface area contributed by atoms with E-state index in [0.717, 1.165) is 37.3 Å². The van der Waals surface area contributed by atoms with E-state index in [9.17, 15) is 9.18 Å². The summed E-state index contributed by atoms with van der Waals surface area (Å²) in [6, 6.07) is 14.1. The predicted molar refractivity (Wildman–Crippen MR) is 110 cm³/mol. The lowest BCUT2D eigenvalue weighted by Crippen LogP contribution is -2.36. The van der Waals surface area contributed by atoms with Crippen molar-refractivity contribution in [3.63, 3.8) is 0 Å². The molecule has 0 saturated carbocycles. The van der Waals surface area contributed by atoms with Crippen molar-refractivity contribution in [1.82, 2.24) is 14.5 Å². The number of rotatable bonds is 4. The number of aryl methyl sites for hydroxylation is 1. The van der Waals surface area contributed by atoms with E-state index in [0.29, 0.717) is 35.5 Å². The van der Waals surface area contributed by atoms with E-state index >= 15 is 0 Å². The van der Waals surface area contributed by atoms with Gasteiger partial charge in [0.05, 0.1) is 22.5 Å². The lowest BCUT2D eigenvalue weighted by molar-refractivity contribution is 0.164. The second kappa shape index (κ2) is 8.14. The fourth-order valence-corrected chi connectivity index (χ4v) is 4.07. The summed E-state index contributed by atoms with van der Waals surface area (Å²) >= 11 is 0. The maximum atomic E-state index is 14.2. The highest BCUT2D eigenvalue weighted by Gasteiger charge is 2.22. The Balaban J connectivity index is 1.41. The molecule has 0 unspecified atom stereocenters. The van der Waals surface area contributed by atoms with Crippen LogP contribution in [0.4, 0.5) is 4.39 Å². The van der Waals surface area contributed by atoms with E-state index in [-0.39, 0.29) is 11.4 Å². The fourth-order valence-electron chi connectivity index (χ4n) is 4.07. The molecule has 5 nitrogen and oxygen atoms in total. The molecular weight excluding hydrogens is 367 g/mol. The van der Waals surface area contributed by atoms with Crippen molar-refractivity contribution < 1.29 is 4.39 Å². The Hall–Kier alpha value is -3.04. The van der Waals surface area contributed by atoms with Crippen LogP contribution in [0.2, 0.25) is 0 Å². The average molecular weight is 390 g/mol. The van der Waals surface area contributed by atoms with Crippen molar-refractivity contribution in [2.45, 2.75) is 32.9 Å². The summed E-state index contributed by atoms with van der Waals surface area (Å²) in [6.07, 6.45) is 1.91. The lowest BCUT2D eigenvalue weighted by atomic mass is 9.96. The maximum Gasteiger partial charge on any atom is 0.261 e. The van der Waals surface area contributed by atoms with Gasteiger partial charge in [0, 0.05) is 18.7 Å². The predicted octanol–water partition coefficient (Wildman–Crippen LogP) is 3.63. The minimum absolute atomic E-state index is 0.0233. The van der Waals surface area contributed by atoms with Gasteiger partial charge in [-0.05, 0) is 63.0 Å². The molecule has 0 radical (unpaired) electrons. The molecule has 0 N–H and O–H groups in total. The molecular formula is C23H23FN4O. The van der Waals surface area contributed by atoms with Crippen LogP contribution in [0.1, 0.15) is 29.8 Å². The van der Waals surface area contributed by atoms with Gasteiger partial charge in [0.1, 0.15) is 11.6 Å². The minimum Gasteiger partial charge on any atom is -0.299 e. The number of piperidine rings is 1. The van der Waals surface area contributed by atoms with Crippen LogP contribution in [0, 0.1) is 30.0 Å². The molecule has 29 heavy (non-hydrogen) atoms. The summed E-state index contributed by atoms with van der Waals surface area (Å²) in [5, 5.41) is 9.53. The van der Waals surface area contributed by atoms with E-state index in [1.807, 2.05) is 37.3 Å². The number of hydrogen-bond donors (Lipinski definition) is 0. The fraction of sp³-hybridized carbons (Fsp3) is 0.348. The highest BCUT2D eigenvalue weighted by Crippen LogP contribution is 2.22. The van der Waals surface area contributed by atoms with Gasteiger partial charge in [-0.15, -0.1) is 0 Å². The number of benzene rings is 2. The van der Waals surface area contributed by atoms with Gasteiger partial charge in [-0.1, -0.05) is 18.2 Å². The highest BCUT2D eigenvalue weighted by molar-refractivity contribution is 5.77. The van der Waals surface area contributed by atoms with Gasteiger partial charge in [-0.25, -0.2) is 9.37 Å². The van der Waals surface area contributed by atoms with Gasteiger partial charge in [0.15, 0.2) is 0 Å². The molecule has 1 aliphatic rings. The number of halogens is 1. The molecule has 0 bridgehead atoms. The van der Waals surface area contributed by atoms with E-state index in [1.54, 1.807) is 16.7 Å². The Kier molecular flexibility index (Phi) is 5.41. The third-order valence-corrected chi connectivity index (χ3v) is 5.78. The number of hydrogen-bond acceptors (Lipinski definition) is 4. The van der Waals surface area contributed by atoms with Crippen molar-refractivity contribution >= 4 is 10.9 Å². The van der Waals surface area contributed by atoms with Crippen molar-refractivity contribution in [3.05, 3.63) is 75.6 Å². The molecule has 6 heteroatoms. The third-order valence-electron chi connectivity index (χ3n) is 5.78. The molecule has 2 aromatic carbocycles. The first kappa shape index (κ1) is 19.3. The van der Waals surface area contributed by atoms with E-state index in [4.69, 9.17) is 5.26 Å². The molecule has 0 amide bonds. The minimum atomic E-state index is -0.324. The molecule has 0 atom stereocenters. The Morgan fingerprint density at radius 3 is 2.69 bits per heavy atom. The largest absolute Gasteiger partial charge is 0.299 e. The van der Waals surface area contributed by atoms with Gasteiger partial charge in [-0.2, -0.15) is 5.26 Å². The zero-order valence-corrected chi connectivity index (χ0v) is 16.4. The number of likely N-dealkylation sites (tertiary alicyclic amines) is 1. The van der Waals surface area contributed by atoms with Crippen LogP contribution >= 0.6 is 0 Å². The van der Waals surface area contributed by atoms with Crippen LogP contribution in [-0.4, -0.2) is 27.5 Å². The van der Waals surface area contributed by atoms with Crippen LogP contribution in [0.25, 0.3) is 10.9 Å². The summed E-state index contributed by atoms with van der Waals surface area (Å²) < 4.78 is 15.9. The van der Waals surface area contributed by atoms with E-state index in [1.165, 1.54) is 6.07 Å². The van der Waals surface area contributed by atoms with Crippen LogP contribution in [0.5, 0.6) is 0 Å². The summed E-state index contributed by atoms with van der Waals surface area (Å²) in [7, 11) is 0. The van der Waals surface area contributed by atoms with Crippen molar-refractivity contribution in [2.24, 2.45) is 5.92 Å². The Morgan fingerprint density at radius 1 is 1.21 bits per heavy atom. The van der Waals surface area contributed by atoms with E-state index in [2.05, 4.69) is 9.88 Å². The average Bonchev–Trinajstić information content (AvgIpc) is 2.73. The molecule has 1 aromatic heterocycles. The van der Waals surface area contributed by atoms with Crippen LogP contribution < -0.4 is 5.56 Å². The Labute approximate surface area is 169 Å². The quantitative estimate of drug-likeness (QED) is 0.683. The van der Waals surface area contributed by atoms with Gasteiger partial charge in [0.2, 0.25) is 0 Å². The summed E-state index contributed by atoms with van der Waals surface area (Å²) in [6.45, 7) is 4.82. The number of nitriles is 1. The molecule has 1 aliphatic heterocycles. The van der Waals surface area contributed by atoms with Crippen LogP contribution in [-0.2, 0) is 13.1 Å². The molecule has 4 rings (SSSR count). The second-order valence-electron chi connectivity index (χ2n) is 7.73. The zero-order chi connectivity index (χ0) is 20.4. The number of nitrogens with zero attached hydrogens (tertiary/aromatic N) is 4. The first-order valence-corrected chi connectivity index (χ1v) is 9.92. The van der Waals surface area contributed by atoms with E-state index < -0.39 is 0 Å². The molecule has 1 fully saturated rings. The van der Waals surface area contributed by atoms with Crippen molar-refractivity contribution in [1.29, 1.82) is 5.26 Å². The first-order valence-electron chi connectivity index (χ1n) is 9.92. The topological polar surface area (TPSA) is 61.9 Å². The Bertz CT molecular complexity index is 1140. The molecule has 3 aromatic rings. The second-order valence-corrected chi connectivity index (χ2v) is 7.73. The third kappa shape index (κ3) is 4.06. The number of aromatic nitrogens is 2. The standard InChI is InChI=1S/C23H23FN4O/c1-16-26-22-5-3-2-4-20(22)23(29)28(16)14-17-8-10-27(11-9-17)15-19-7-6-18(13-25)12-21(19)24/h2-7,12,17H,8-11,14-15H2,1H3. The maximum absolute atomic E-state index is 14.2. The summed E-state index contributed by atoms with van der Waals surface area (Å²) in [5.74, 6) is 0.822. The summed E-state index contributed by atoms with van der Waals surface area (Å²) in [5.41, 5.74) is 1.73. The highest BCUT2D eigenvalue weighted by atomic mass is 19.1. The monoisotopic (exact) mass is 390 g/mol. The smallest absolute Gasteiger partial charge is 0.261 e. The van der Waals surface area contributed by atoms with Crippen molar-refractivity contribution in [2.75, 3.05) is 13.1 Å². The van der Waals surface area contributed by atoms with Gasteiger partial charge in [0.25, 0.3) is 5.56 Å². The van der Waals surface area contributed by atoms with Gasteiger partial charge in [-0.3, -0.25) is 14.3 Å². The van der Waals surface area contributed by atoms with Crippen LogP contribution in [0.3, 0.4) is 0 Å². The zero-order valence-electron chi connectivity index (χ0n) is 16.4. The number of fused-ring (bicyclic) bond motifs is 1. The SMILES string of the molecule is Cc1nc2ccccc2c(=O)n1CC1CCN(Cc2ccc(C#N)cc2F)CC1. The number of para-hydroxylation sites is 1. The Morgan fingerprint density at radius 2 is 1.97 bits per heavy atom. The van der Waals surface area contributed by atoms with Crippen LogP contribution in [0.15, 0.2) is 47.3 Å². The molecule has 0 aliphatic carbocycles. The van der Waals surface area contributed by atoms with Gasteiger partial charge < -0.3 is 0 Å². The normalized spacial score (nSPS) is 15.5.